The van der Waals surface area contributed by atoms with E-state index in [-0.39, 0.29) is 12.8 Å². The zero-order chi connectivity index (χ0) is 11.8. The Hall–Kier alpha value is -1.46. The molecule has 1 saturated carbocycles. The largest absolute Gasteiger partial charge is 0.481 e. The van der Waals surface area contributed by atoms with Crippen molar-refractivity contribution in [1.82, 2.24) is 4.98 Å². The van der Waals surface area contributed by atoms with E-state index in [4.69, 9.17) is 4.74 Å². The molecule has 0 amide bonds. The molecule has 88 valence electrons. The number of hydrogen-bond acceptors (Lipinski definition) is 3. The Bertz CT molecular complexity index is 388. The van der Waals surface area contributed by atoms with Gasteiger partial charge in [0.15, 0.2) is 0 Å². The first kappa shape index (κ1) is 11.0. The van der Waals surface area contributed by atoms with Crippen LogP contribution in [0.1, 0.15) is 12.8 Å². The van der Waals surface area contributed by atoms with E-state index >= 15 is 0 Å². The molecule has 1 aromatic rings. The van der Waals surface area contributed by atoms with Crippen molar-refractivity contribution in [3.8, 4) is 5.88 Å². The van der Waals surface area contributed by atoms with Gasteiger partial charge in [-0.2, -0.15) is 13.2 Å². The quantitative estimate of drug-likeness (QED) is 0.869. The summed E-state index contributed by atoms with van der Waals surface area (Å²) >= 11 is 0. The standard InChI is InChI=1S/C10H11F3N2O/c1-16-8-6-7(2-5-14-8)15-9(3-4-9)10(11,12)13/h2,5-6H,3-4H2,1H3,(H,14,15). The third-order valence-corrected chi connectivity index (χ3v) is 2.62. The van der Waals surface area contributed by atoms with Crippen LogP contribution in [0, 0.1) is 0 Å². The van der Waals surface area contributed by atoms with Crippen LogP contribution < -0.4 is 10.1 Å². The van der Waals surface area contributed by atoms with Crippen LogP contribution in [0.2, 0.25) is 0 Å². The molecule has 0 aliphatic heterocycles. The Labute approximate surface area is 90.6 Å². The summed E-state index contributed by atoms with van der Waals surface area (Å²) < 4.78 is 42.8. The van der Waals surface area contributed by atoms with E-state index in [1.165, 1.54) is 25.4 Å². The van der Waals surface area contributed by atoms with Crippen LogP contribution in [0.15, 0.2) is 18.3 Å². The van der Waals surface area contributed by atoms with Gasteiger partial charge in [-0.3, -0.25) is 0 Å². The fourth-order valence-corrected chi connectivity index (χ4v) is 1.48. The molecule has 0 radical (unpaired) electrons. The summed E-state index contributed by atoms with van der Waals surface area (Å²) in [5.41, 5.74) is -1.37. The van der Waals surface area contributed by atoms with Crippen molar-refractivity contribution in [2.24, 2.45) is 0 Å². The summed E-state index contributed by atoms with van der Waals surface area (Å²) in [6.45, 7) is 0. The molecule has 1 fully saturated rings. The minimum Gasteiger partial charge on any atom is -0.481 e. The molecule has 6 heteroatoms. The lowest BCUT2D eigenvalue weighted by Gasteiger charge is -2.21. The maximum absolute atomic E-state index is 12.7. The second-order valence-corrected chi connectivity index (χ2v) is 3.79. The second kappa shape index (κ2) is 3.54. The van der Waals surface area contributed by atoms with Crippen molar-refractivity contribution in [2.75, 3.05) is 12.4 Å². The van der Waals surface area contributed by atoms with E-state index in [0.29, 0.717) is 11.6 Å². The molecule has 0 saturated heterocycles. The minimum absolute atomic E-state index is 0.112. The summed E-state index contributed by atoms with van der Waals surface area (Å²) in [7, 11) is 1.42. The van der Waals surface area contributed by atoms with Crippen LogP contribution in [0.5, 0.6) is 5.88 Å². The molecular weight excluding hydrogens is 221 g/mol. The fourth-order valence-electron chi connectivity index (χ4n) is 1.48. The molecule has 0 unspecified atom stereocenters. The van der Waals surface area contributed by atoms with Gasteiger partial charge in [0, 0.05) is 18.0 Å². The average Bonchev–Trinajstić information content (AvgIpc) is 2.98. The summed E-state index contributed by atoms with van der Waals surface area (Å²) in [5, 5.41) is 2.50. The molecule has 16 heavy (non-hydrogen) atoms. The summed E-state index contributed by atoms with van der Waals surface area (Å²) in [5.74, 6) is 0.294. The first-order valence-corrected chi connectivity index (χ1v) is 4.82. The third kappa shape index (κ3) is 1.91. The lowest BCUT2D eigenvalue weighted by Crippen LogP contribution is -2.38. The number of nitrogens with zero attached hydrogens (tertiary/aromatic N) is 1. The second-order valence-electron chi connectivity index (χ2n) is 3.79. The van der Waals surface area contributed by atoms with Crippen molar-refractivity contribution in [2.45, 2.75) is 24.6 Å². The predicted molar refractivity (Wildman–Crippen MR) is 52.4 cm³/mol. The molecule has 1 aliphatic carbocycles. The van der Waals surface area contributed by atoms with Crippen molar-refractivity contribution in [3.05, 3.63) is 18.3 Å². The molecule has 2 rings (SSSR count). The van der Waals surface area contributed by atoms with E-state index in [2.05, 4.69) is 10.3 Å². The maximum Gasteiger partial charge on any atom is 0.411 e. The number of halogens is 3. The average molecular weight is 232 g/mol. The molecule has 1 aliphatic rings. The maximum atomic E-state index is 12.7. The van der Waals surface area contributed by atoms with Crippen molar-refractivity contribution in [1.29, 1.82) is 0 Å². The normalized spacial score (nSPS) is 18.0. The van der Waals surface area contributed by atoms with Crippen LogP contribution in [0.25, 0.3) is 0 Å². The van der Waals surface area contributed by atoms with Gasteiger partial charge in [-0.05, 0) is 18.9 Å². The summed E-state index contributed by atoms with van der Waals surface area (Å²) in [4.78, 5) is 3.83. The van der Waals surface area contributed by atoms with Crippen molar-refractivity contribution >= 4 is 5.69 Å². The number of anilines is 1. The molecule has 0 bridgehead atoms. The number of rotatable bonds is 3. The molecule has 3 nitrogen and oxygen atoms in total. The Morgan fingerprint density at radius 3 is 2.62 bits per heavy atom. The zero-order valence-corrected chi connectivity index (χ0v) is 8.64. The monoisotopic (exact) mass is 232 g/mol. The molecule has 1 N–H and O–H groups in total. The number of ether oxygens (including phenoxy) is 1. The smallest absolute Gasteiger partial charge is 0.411 e. The van der Waals surface area contributed by atoms with Crippen LogP contribution in [0.4, 0.5) is 18.9 Å². The van der Waals surface area contributed by atoms with Crippen LogP contribution in [-0.2, 0) is 0 Å². The number of methoxy groups -OCH3 is 1. The number of hydrogen-bond donors (Lipinski definition) is 1. The Kier molecular flexibility index (Phi) is 2.44. The van der Waals surface area contributed by atoms with Gasteiger partial charge in [0.1, 0.15) is 5.54 Å². The Balaban J connectivity index is 2.15. The van der Waals surface area contributed by atoms with E-state index in [0.717, 1.165) is 0 Å². The lowest BCUT2D eigenvalue weighted by molar-refractivity contribution is -0.151. The van der Waals surface area contributed by atoms with E-state index in [1.807, 2.05) is 0 Å². The van der Waals surface area contributed by atoms with Crippen molar-refractivity contribution < 1.29 is 17.9 Å². The minimum atomic E-state index is -4.22. The van der Waals surface area contributed by atoms with E-state index in [1.54, 1.807) is 0 Å². The lowest BCUT2D eigenvalue weighted by atomic mass is 10.2. The van der Waals surface area contributed by atoms with E-state index < -0.39 is 11.7 Å². The first-order chi connectivity index (χ1) is 7.47. The van der Waals surface area contributed by atoms with E-state index in [9.17, 15) is 13.2 Å². The van der Waals surface area contributed by atoms with Crippen molar-refractivity contribution in [3.63, 3.8) is 0 Å². The summed E-state index contributed by atoms with van der Waals surface area (Å²) in [6, 6.07) is 2.94. The molecule has 0 spiro atoms. The number of aromatic nitrogens is 1. The molecular formula is C10H11F3N2O. The highest BCUT2D eigenvalue weighted by Gasteiger charge is 2.63. The van der Waals surface area contributed by atoms with Gasteiger partial charge in [0.2, 0.25) is 5.88 Å². The highest BCUT2D eigenvalue weighted by Crippen LogP contribution is 2.51. The highest BCUT2D eigenvalue weighted by molar-refractivity contribution is 5.49. The Morgan fingerprint density at radius 1 is 1.44 bits per heavy atom. The Morgan fingerprint density at radius 2 is 2.12 bits per heavy atom. The van der Waals surface area contributed by atoms with Gasteiger partial charge >= 0.3 is 6.18 Å². The van der Waals surface area contributed by atoms with Gasteiger partial charge < -0.3 is 10.1 Å². The van der Waals surface area contributed by atoms with Crippen LogP contribution in [-0.4, -0.2) is 23.8 Å². The first-order valence-electron chi connectivity index (χ1n) is 4.82. The SMILES string of the molecule is COc1cc(NC2(C(F)(F)F)CC2)ccn1. The number of nitrogens with one attached hydrogen (secondary N) is 1. The molecule has 1 aromatic heterocycles. The highest BCUT2D eigenvalue weighted by atomic mass is 19.4. The number of pyridine rings is 1. The zero-order valence-electron chi connectivity index (χ0n) is 8.64. The molecule has 1 heterocycles. The van der Waals surface area contributed by atoms with Gasteiger partial charge in [0.05, 0.1) is 7.11 Å². The number of alkyl halides is 3. The topological polar surface area (TPSA) is 34.1 Å². The molecule has 0 atom stereocenters. The van der Waals surface area contributed by atoms with Gasteiger partial charge in [0.25, 0.3) is 0 Å². The molecule has 0 aromatic carbocycles. The van der Waals surface area contributed by atoms with Crippen LogP contribution >= 0.6 is 0 Å². The fraction of sp³-hybridized carbons (Fsp3) is 0.500. The van der Waals surface area contributed by atoms with Gasteiger partial charge in [-0.25, -0.2) is 4.98 Å². The van der Waals surface area contributed by atoms with Gasteiger partial charge in [-0.1, -0.05) is 0 Å². The predicted octanol–water partition coefficient (Wildman–Crippen LogP) is 2.60. The van der Waals surface area contributed by atoms with Gasteiger partial charge in [-0.15, -0.1) is 0 Å². The summed E-state index contributed by atoms with van der Waals surface area (Å²) in [6.07, 6.45) is -2.58. The van der Waals surface area contributed by atoms with Crippen LogP contribution in [0.3, 0.4) is 0 Å². The third-order valence-electron chi connectivity index (χ3n) is 2.62.